The van der Waals surface area contributed by atoms with Crippen molar-refractivity contribution in [1.29, 1.82) is 0 Å². The minimum atomic E-state index is -0.955. The van der Waals surface area contributed by atoms with Crippen molar-refractivity contribution in [1.82, 2.24) is 0 Å². The molecule has 0 saturated carbocycles. The van der Waals surface area contributed by atoms with E-state index in [-0.39, 0.29) is 0 Å². The molecule has 3 N–H and O–H groups in total. The summed E-state index contributed by atoms with van der Waals surface area (Å²) in [4.78, 5) is 11.1. The van der Waals surface area contributed by atoms with Gasteiger partial charge in [0.2, 0.25) is 0 Å². The van der Waals surface area contributed by atoms with Gasteiger partial charge < -0.3 is 20.3 Å². The molecule has 0 aliphatic heterocycles. The van der Waals surface area contributed by atoms with Gasteiger partial charge in [-0.1, -0.05) is 19.4 Å². The van der Waals surface area contributed by atoms with Gasteiger partial charge in [0.1, 0.15) is 11.5 Å². The molecule has 1 rings (SSSR count). The molecule has 0 aliphatic rings. The minimum absolute atomic E-state index is 0.467. The molecule has 106 valence electrons. The van der Waals surface area contributed by atoms with Gasteiger partial charge in [-0.15, -0.1) is 0 Å². The molecule has 1 aromatic rings. The van der Waals surface area contributed by atoms with Crippen molar-refractivity contribution in [2.24, 2.45) is 5.73 Å². The van der Waals surface area contributed by atoms with Gasteiger partial charge in [0.25, 0.3) is 0 Å². The van der Waals surface area contributed by atoms with Crippen LogP contribution in [0.5, 0.6) is 11.5 Å². The highest BCUT2D eigenvalue weighted by Crippen LogP contribution is 2.26. The van der Waals surface area contributed by atoms with Crippen molar-refractivity contribution in [2.75, 3.05) is 13.7 Å². The van der Waals surface area contributed by atoms with E-state index in [1.165, 1.54) is 0 Å². The van der Waals surface area contributed by atoms with Gasteiger partial charge in [-0.2, -0.15) is 0 Å². The first kappa shape index (κ1) is 15.3. The topological polar surface area (TPSA) is 81.8 Å². The number of hydrogen-bond donors (Lipinski definition) is 2. The van der Waals surface area contributed by atoms with Crippen LogP contribution in [-0.4, -0.2) is 30.8 Å². The van der Waals surface area contributed by atoms with Crippen LogP contribution in [0.1, 0.15) is 25.3 Å². The predicted octanol–water partition coefficient (Wildman–Crippen LogP) is 1.83. The summed E-state index contributed by atoms with van der Waals surface area (Å²) < 4.78 is 10.7. The standard InChI is InChI=1S/C14H21NO4/c1-3-4-12(14(16)17)19-13-9-11(18-2)6-5-10(13)7-8-15/h5-6,9,12H,3-4,7-8,15H2,1-2H3,(H,16,17). The second-order valence-corrected chi connectivity index (χ2v) is 4.25. The summed E-state index contributed by atoms with van der Waals surface area (Å²) in [6.07, 6.45) is 1.01. The van der Waals surface area contributed by atoms with Gasteiger partial charge in [0.05, 0.1) is 7.11 Å². The molecule has 0 bridgehead atoms. The van der Waals surface area contributed by atoms with Crippen LogP contribution in [0.3, 0.4) is 0 Å². The van der Waals surface area contributed by atoms with Crippen molar-refractivity contribution in [3.63, 3.8) is 0 Å². The SMILES string of the molecule is CCCC(Oc1cc(OC)ccc1CCN)C(=O)O. The lowest BCUT2D eigenvalue weighted by molar-refractivity contribution is -0.145. The fraction of sp³-hybridized carbons (Fsp3) is 0.500. The van der Waals surface area contributed by atoms with Gasteiger partial charge in [-0.3, -0.25) is 0 Å². The third-order valence-corrected chi connectivity index (χ3v) is 2.78. The van der Waals surface area contributed by atoms with Crippen LogP contribution in [0.4, 0.5) is 0 Å². The Balaban J connectivity index is 2.97. The molecular formula is C14H21NO4. The Kier molecular flexibility index (Phi) is 6.15. The fourth-order valence-electron chi connectivity index (χ4n) is 1.78. The molecule has 1 atom stereocenters. The third kappa shape index (κ3) is 4.44. The first-order valence-corrected chi connectivity index (χ1v) is 6.38. The van der Waals surface area contributed by atoms with E-state index in [1.54, 1.807) is 13.2 Å². The molecule has 5 heteroatoms. The van der Waals surface area contributed by atoms with Crippen molar-refractivity contribution in [3.8, 4) is 11.5 Å². The van der Waals surface area contributed by atoms with Crippen LogP contribution in [0.2, 0.25) is 0 Å². The zero-order valence-electron chi connectivity index (χ0n) is 11.4. The number of rotatable bonds is 8. The zero-order chi connectivity index (χ0) is 14.3. The molecule has 0 radical (unpaired) electrons. The maximum atomic E-state index is 11.1. The van der Waals surface area contributed by atoms with Crippen LogP contribution >= 0.6 is 0 Å². The Bertz CT molecular complexity index is 420. The molecule has 0 aromatic heterocycles. The smallest absolute Gasteiger partial charge is 0.344 e. The lowest BCUT2D eigenvalue weighted by Gasteiger charge is -2.17. The van der Waals surface area contributed by atoms with Gasteiger partial charge in [-0.25, -0.2) is 4.79 Å². The predicted molar refractivity (Wildman–Crippen MR) is 72.7 cm³/mol. The number of carboxylic acids is 1. The molecule has 0 aliphatic carbocycles. The average Bonchev–Trinajstić information content (AvgIpc) is 2.40. The molecule has 0 spiro atoms. The summed E-state index contributed by atoms with van der Waals surface area (Å²) in [5.74, 6) is 0.213. The summed E-state index contributed by atoms with van der Waals surface area (Å²) in [7, 11) is 1.56. The number of carboxylic acid groups (broad SMARTS) is 1. The van der Waals surface area contributed by atoms with Crippen LogP contribution < -0.4 is 15.2 Å². The highest BCUT2D eigenvalue weighted by atomic mass is 16.5. The van der Waals surface area contributed by atoms with Crippen molar-refractivity contribution in [2.45, 2.75) is 32.3 Å². The van der Waals surface area contributed by atoms with Crippen molar-refractivity contribution in [3.05, 3.63) is 23.8 Å². The Morgan fingerprint density at radius 1 is 1.47 bits per heavy atom. The molecule has 1 unspecified atom stereocenters. The summed E-state index contributed by atoms with van der Waals surface area (Å²) in [6, 6.07) is 5.37. The monoisotopic (exact) mass is 267 g/mol. The Morgan fingerprint density at radius 2 is 2.21 bits per heavy atom. The Hall–Kier alpha value is -1.75. The number of nitrogens with two attached hydrogens (primary N) is 1. The van der Waals surface area contributed by atoms with Gasteiger partial charge >= 0.3 is 5.97 Å². The second kappa shape index (κ2) is 7.63. The summed E-state index contributed by atoms with van der Waals surface area (Å²) in [5.41, 5.74) is 6.44. The quantitative estimate of drug-likeness (QED) is 0.751. The van der Waals surface area contributed by atoms with Gasteiger partial charge in [0.15, 0.2) is 6.10 Å². The van der Waals surface area contributed by atoms with Gasteiger partial charge in [0, 0.05) is 6.07 Å². The van der Waals surface area contributed by atoms with Crippen molar-refractivity contribution >= 4 is 5.97 Å². The zero-order valence-corrected chi connectivity index (χ0v) is 11.4. The molecule has 5 nitrogen and oxygen atoms in total. The largest absolute Gasteiger partial charge is 0.497 e. The minimum Gasteiger partial charge on any atom is -0.497 e. The summed E-state index contributed by atoms with van der Waals surface area (Å²) in [6.45, 7) is 2.40. The molecule has 1 aromatic carbocycles. The van der Waals surface area contributed by atoms with Crippen LogP contribution in [-0.2, 0) is 11.2 Å². The first-order chi connectivity index (χ1) is 9.12. The molecular weight excluding hydrogens is 246 g/mol. The van der Waals surface area contributed by atoms with E-state index in [9.17, 15) is 4.79 Å². The third-order valence-electron chi connectivity index (χ3n) is 2.78. The Morgan fingerprint density at radius 3 is 2.74 bits per heavy atom. The van der Waals surface area contributed by atoms with Crippen LogP contribution in [0.25, 0.3) is 0 Å². The number of ether oxygens (including phenoxy) is 2. The first-order valence-electron chi connectivity index (χ1n) is 6.38. The number of carbonyl (C=O) groups is 1. The fourth-order valence-corrected chi connectivity index (χ4v) is 1.78. The lowest BCUT2D eigenvalue weighted by atomic mass is 10.1. The highest BCUT2D eigenvalue weighted by Gasteiger charge is 2.19. The maximum absolute atomic E-state index is 11.1. The second-order valence-electron chi connectivity index (χ2n) is 4.25. The average molecular weight is 267 g/mol. The molecule has 19 heavy (non-hydrogen) atoms. The van der Waals surface area contributed by atoms with E-state index in [0.717, 1.165) is 12.0 Å². The molecule has 0 saturated heterocycles. The van der Waals surface area contributed by atoms with E-state index in [0.29, 0.717) is 30.9 Å². The molecule has 0 amide bonds. The van der Waals surface area contributed by atoms with E-state index in [2.05, 4.69) is 0 Å². The van der Waals surface area contributed by atoms with E-state index >= 15 is 0 Å². The highest BCUT2D eigenvalue weighted by molar-refractivity contribution is 5.72. The number of methoxy groups -OCH3 is 1. The summed E-state index contributed by atoms with van der Waals surface area (Å²) >= 11 is 0. The normalized spacial score (nSPS) is 11.9. The number of aliphatic carboxylic acids is 1. The van der Waals surface area contributed by atoms with E-state index in [4.69, 9.17) is 20.3 Å². The van der Waals surface area contributed by atoms with E-state index in [1.807, 2.05) is 19.1 Å². The maximum Gasteiger partial charge on any atom is 0.344 e. The molecule has 0 heterocycles. The lowest BCUT2D eigenvalue weighted by Crippen LogP contribution is -2.27. The van der Waals surface area contributed by atoms with Gasteiger partial charge in [-0.05, 0) is 31.0 Å². The van der Waals surface area contributed by atoms with Crippen LogP contribution in [0, 0.1) is 0 Å². The van der Waals surface area contributed by atoms with Crippen LogP contribution in [0.15, 0.2) is 18.2 Å². The number of benzene rings is 1. The molecule has 0 fully saturated rings. The van der Waals surface area contributed by atoms with Crippen molar-refractivity contribution < 1.29 is 19.4 Å². The Labute approximate surface area is 113 Å². The number of hydrogen-bond acceptors (Lipinski definition) is 4. The summed E-state index contributed by atoms with van der Waals surface area (Å²) in [5, 5.41) is 9.13. The van der Waals surface area contributed by atoms with E-state index < -0.39 is 12.1 Å².